The molecule has 5 rings (SSSR count). The van der Waals surface area contributed by atoms with Gasteiger partial charge in [0.25, 0.3) is 11.5 Å². The summed E-state index contributed by atoms with van der Waals surface area (Å²) in [5.74, 6) is 0.281. The van der Waals surface area contributed by atoms with Gasteiger partial charge in [-0.25, -0.2) is 4.98 Å². The Morgan fingerprint density at radius 3 is 2.77 bits per heavy atom. The molecule has 0 radical (unpaired) electrons. The van der Waals surface area contributed by atoms with Crippen LogP contribution in [0, 0.1) is 6.92 Å². The molecule has 3 aliphatic rings. The molecule has 1 aliphatic carbocycles. The molecule has 0 unspecified atom stereocenters. The number of rotatable bonds is 0. The van der Waals surface area contributed by atoms with E-state index >= 15 is 0 Å². The zero-order valence-electron chi connectivity index (χ0n) is 14.7. The second kappa shape index (κ2) is 5.09. The number of pyridine rings is 2. The number of nitrogen functional groups attached to an aromatic ring is 1. The van der Waals surface area contributed by atoms with Crippen molar-refractivity contribution in [3.8, 4) is 0 Å². The van der Waals surface area contributed by atoms with Crippen molar-refractivity contribution in [2.24, 2.45) is 0 Å². The molecule has 4 heterocycles. The molecule has 0 aromatic carbocycles. The third kappa shape index (κ3) is 1.91. The maximum Gasteiger partial charge on any atom is 0.277 e. The molecule has 0 bridgehead atoms. The molecule has 2 aromatic heterocycles. The Morgan fingerprint density at radius 2 is 2.00 bits per heavy atom. The maximum atomic E-state index is 13.4. The molecule has 4 N–H and O–H groups in total. The van der Waals surface area contributed by atoms with Gasteiger partial charge in [-0.1, -0.05) is 6.42 Å². The number of carbonyl (C=O) groups is 1. The van der Waals surface area contributed by atoms with Gasteiger partial charge in [0.05, 0.1) is 0 Å². The molecule has 7 nitrogen and oxygen atoms in total. The minimum absolute atomic E-state index is 0.123. The summed E-state index contributed by atoms with van der Waals surface area (Å²) in [6.07, 6.45) is 7.08. The number of nitrogens with one attached hydrogen (secondary N) is 2. The second-order valence-corrected chi connectivity index (χ2v) is 7.58. The lowest BCUT2D eigenvalue weighted by Crippen LogP contribution is -2.49. The zero-order chi connectivity index (χ0) is 18.1. The highest BCUT2D eigenvalue weighted by atomic mass is 16.2. The van der Waals surface area contributed by atoms with Crippen molar-refractivity contribution < 1.29 is 4.79 Å². The number of anilines is 3. The van der Waals surface area contributed by atoms with Gasteiger partial charge in [0.2, 0.25) is 0 Å². The van der Waals surface area contributed by atoms with Crippen LogP contribution < -0.4 is 21.9 Å². The van der Waals surface area contributed by atoms with Crippen molar-refractivity contribution in [3.05, 3.63) is 45.0 Å². The van der Waals surface area contributed by atoms with Crippen molar-refractivity contribution in [3.63, 3.8) is 0 Å². The van der Waals surface area contributed by atoms with E-state index in [2.05, 4.69) is 15.6 Å². The SMILES string of the molecule is Cc1c2c(c(=O)n3c1C(=O)NC31CCCCC1)Nc1cc(N)ncc1C2. The van der Waals surface area contributed by atoms with E-state index in [1.807, 2.05) is 6.92 Å². The van der Waals surface area contributed by atoms with Crippen molar-refractivity contribution in [2.45, 2.75) is 51.1 Å². The minimum Gasteiger partial charge on any atom is -0.384 e. The molecule has 134 valence electrons. The van der Waals surface area contributed by atoms with E-state index < -0.39 is 5.66 Å². The number of fused-ring (bicyclic) bond motifs is 4. The Morgan fingerprint density at radius 1 is 1.23 bits per heavy atom. The number of carbonyl (C=O) groups excluding carboxylic acids is 1. The van der Waals surface area contributed by atoms with Crippen LogP contribution in [0.15, 0.2) is 17.1 Å². The highest BCUT2D eigenvalue weighted by molar-refractivity contribution is 5.98. The van der Waals surface area contributed by atoms with Crippen molar-refractivity contribution in [2.75, 3.05) is 11.1 Å². The Bertz CT molecular complexity index is 1020. The highest BCUT2D eigenvalue weighted by Crippen LogP contribution is 2.40. The Balaban J connectivity index is 1.75. The molecule has 26 heavy (non-hydrogen) atoms. The number of nitrogens with two attached hydrogens (primary N) is 1. The Kier molecular flexibility index (Phi) is 3.02. The van der Waals surface area contributed by atoms with Gasteiger partial charge in [0.15, 0.2) is 0 Å². The van der Waals surface area contributed by atoms with Gasteiger partial charge >= 0.3 is 0 Å². The molecule has 1 amide bonds. The lowest BCUT2D eigenvalue weighted by Gasteiger charge is -2.36. The first-order valence-electron chi connectivity index (χ1n) is 9.13. The maximum absolute atomic E-state index is 13.4. The Hall–Kier alpha value is -2.83. The molecule has 0 atom stereocenters. The van der Waals surface area contributed by atoms with E-state index in [0.717, 1.165) is 54.5 Å². The van der Waals surface area contributed by atoms with E-state index in [1.54, 1.807) is 16.8 Å². The molecule has 7 heteroatoms. The molecule has 2 aliphatic heterocycles. The average Bonchev–Trinajstić information content (AvgIpc) is 2.91. The van der Waals surface area contributed by atoms with Gasteiger partial charge in [0.1, 0.15) is 22.9 Å². The molecule has 1 spiro atoms. The van der Waals surface area contributed by atoms with E-state index in [-0.39, 0.29) is 11.5 Å². The van der Waals surface area contributed by atoms with Gasteiger partial charge in [-0.15, -0.1) is 0 Å². The van der Waals surface area contributed by atoms with E-state index in [1.165, 1.54) is 0 Å². The lowest BCUT2D eigenvalue weighted by atomic mass is 9.88. The van der Waals surface area contributed by atoms with Crippen LogP contribution >= 0.6 is 0 Å². The standard InChI is InChI=1S/C19H21N5O2/c1-10-12-7-11-9-21-14(20)8-13(11)22-15(12)18(26)24-16(10)17(25)23-19(24)5-3-2-4-6-19/h8-9,22H,2-7H2,1H3,(H2,20,21)(H,23,25). The molecule has 1 saturated carbocycles. The molecule has 2 aromatic rings. The van der Waals surface area contributed by atoms with Crippen LogP contribution in [0.3, 0.4) is 0 Å². The second-order valence-electron chi connectivity index (χ2n) is 7.58. The zero-order valence-corrected chi connectivity index (χ0v) is 14.7. The summed E-state index contributed by atoms with van der Waals surface area (Å²) in [6, 6.07) is 1.75. The largest absolute Gasteiger partial charge is 0.384 e. The number of nitrogens with zero attached hydrogens (tertiary/aromatic N) is 2. The summed E-state index contributed by atoms with van der Waals surface area (Å²) < 4.78 is 1.73. The number of hydrogen-bond acceptors (Lipinski definition) is 5. The fourth-order valence-electron chi connectivity index (χ4n) is 4.76. The van der Waals surface area contributed by atoms with Crippen LogP contribution in [0.25, 0.3) is 0 Å². The summed E-state index contributed by atoms with van der Waals surface area (Å²) >= 11 is 0. The third-order valence-electron chi connectivity index (χ3n) is 6.05. The van der Waals surface area contributed by atoms with Crippen LogP contribution in [-0.4, -0.2) is 15.5 Å². The topological polar surface area (TPSA) is 102 Å². The Labute approximate surface area is 150 Å². The van der Waals surface area contributed by atoms with E-state index in [4.69, 9.17) is 5.73 Å². The minimum atomic E-state index is -0.569. The predicted molar refractivity (Wildman–Crippen MR) is 98.7 cm³/mol. The first-order chi connectivity index (χ1) is 12.5. The smallest absolute Gasteiger partial charge is 0.277 e. The molecular weight excluding hydrogens is 330 g/mol. The quantitative estimate of drug-likeness (QED) is 0.576. The molecule has 0 saturated heterocycles. The lowest BCUT2D eigenvalue weighted by molar-refractivity contribution is 0.0876. The van der Waals surface area contributed by atoms with Crippen LogP contribution in [0.2, 0.25) is 0 Å². The average molecular weight is 351 g/mol. The predicted octanol–water partition coefficient (Wildman–Crippen LogP) is 2.14. The van der Waals surface area contributed by atoms with E-state index in [9.17, 15) is 9.59 Å². The van der Waals surface area contributed by atoms with Gasteiger partial charge in [0, 0.05) is 24.4 Å². The molecular formula is C19H21N5O2. The summed E-state index contributed by atoms with van der Waals surface area (Å²) in [7, 11) is 0. The summed E-state index contributed by atoms with van der Waals surface area (Å²) in [4.78, 5) is 30.3. The first-order valence-corrected chi connectivity index (χ1v) is 9.13. The van der Waals surface area contributed by atoms with Crippen LogP contribution in [0.5, 0.6) is 0 Å². The highest BCUT2D eigenvalue weighted by Gasteiger charge is 2.46. The summed E-state index contributed by atoms with van der Waals surface area (Å²) in [6.45, 7) is 1.93. The van der Waals surface area contributed by atoms with Crippen molar-refractivity contribution in [1.82, 2.24) is 14.9 Å². The normalized spacial score (nSPS) is 19.3. The fourth-order valence-corrected chi connectivity index (χ4v) is 4.76. The van der Waals surface area contributed by atoms with Crippen molar-refractivity contribution in [1.29, 1.82) is 0 Å². The number of amides is 1. The number of aromatic nitrogens is 2. The van der Waals surface area contributed by atoms with E-state index in [0.29, 0.717) is 23.6 Å². The fraction of sp³-hybridized carbons (Fsp3) is 0.421. The summed E-state index contributed by atoms with van der Waals surface area (Å²) in [5, 5.41) is 6.40. The van der Waals surface area contributed by atoms with Crippen LogP contribution in [-0.2, 0) is 12.1 Å². The van der Waals surface area contributed by atoms with Crippen LogP contribution in [0.4, 0.5) is 17.2 Å². The summed E-state index contributed by atoms with van der Waals surface area (Å²) in [5.41, 5.74) is 9.73. The first kappa shape index (κ1) is 15.4. The third-order valence-corrected chi connectivity index (χ3v) is 6.05. The van der Waals surface area contributed by atoms with Gasteiger partial charge in [-0.3, -0.25) is 14.2 Å². The van der Waals surface area contributed by atoms with Gasteiger partial charge < -0.3 is 16.4 Å². The monoisotopic (exact) mass is 351 g/mol. The number of hydrogen-bond donors (Lipinski definition) is 3. The van der Waals surface area contributed by atoms with Gasteiger partial charge in [-0.05, 0) is 49.3 Å². The van der Waals surface area contributed by atoms with Gasteiger partial charge in [-0.2, -0.15) is 0 Å². The molecule has 1 fully saturated rings. The van der Waals surface area contributed by atoms with Crippen LogP contribution in [0.1, 0.15) is 59.3 Å². The van der Waals surface area contributed by atoms with Crippen molar-refractivity contribution >= 4 is 23.1 Å².